The van der Waals surface area contributed by atoms with Gasteiger partial charge in [-0.05, 0) is 68.5 Å². The molecule has 0 saturated carbocycles. The van der Waals surface area contributed by atoms with Crippen molar-refractivity contribution in [3.8, 4) is 0 Å². The molecule has 6 heteroatoms. The van der Waals surface area contributed by atoms with Crippen LogP contribution < -0.4 is 0 Å². The van der Waals surface area contributed by atoms with Crippen LogP contribution in [0.2, 0.25) is 0 Å². The highest BCUT2D eigenvalue weighted by atomic mass is 19.4. The van der Waals surface area contributed by atoms with Gasteiger partial charge in [-0.1, -0.05) is 36.8 Å². The first-order valence-electron chi connectivity index (χ1n) is 11.3. The Morgan fingerprint density at radius 1 is 0.935 bits per heavy atom. The van der Waals surface area contributed by atoms with Crippen molar-refractivity contribution in [2.24, 2.45) is 5.92 Å². The molecule has 0 amide bonds. The minimum Gasteiger partial charge on any atom is -0.327 e. The number of aromatic nitrogens is 2. The maximum atomic E-state index is 13.3. The fourth-order valence-corrected chi connectivity index (χ4v) is 5.50. The number of rotatable bonds is 4. The molecular formula is C25H28F3N3. The number of benzene rings is 2. The van der Waals surface area contributed by atoms with E-state index in [4.69, 9.17) is 4.98 Å². The fraction of sp³-hybridized carbons (Fsp3) is 0.480. The summed E-state index contributed by atoms with van der Waals surface area (Å²) in [7, 11) is 0. The van der Waals surface area contributed by atoms with Gasteiger partial charge in [-0.3, -0.25) is 0 Å². The Balaban J connectivity index is 1.53. The molecule has 2 aliphatic heterocycles. The first-order chi connectivity index (χ1) is 15.0. The van der Waals surface area contributed by atoms with Crippen LogP contribution in [0, 0.1) is 5.92 Å². The van der Waals surface area contributed by atoms with Crippen molar-refractivity contribution in [3.05, 3.63) is 65.5 Å². The van der Waals surface area contributed by atoms with Crippen molar-refractivity contribution >= 4 is 11.0 Å². The topological polar surface area (TPSA) is 21.1 Å². The lowest BCUT2D eigenvalue weighted by Crippen LogP contribution is -2.49. The molecule has 2 atom stereocenters. The Bertz CT molecular complexity index is 1040. The third kappa shape index (κ3) is 4.22. The van der Waals surface area contributed by atoms with Crippen molar-refractivity contribution in [3.63, 3.8) is 0 Å². The summed E-state index contributed by atoms with van der Waals surface area (Å²) in [6.07, 6.45) is 2.40. The van der Waals surface area contributed by atoms with Crippen LogP contribution >= 0.6 is 0 Å². The van der Waals surface area contributed by atoms with Gasteiger partial charge in [0.1, 0.15) is 5.82 Å². The monoisotopic (exact) mass is 427 g/mol. The molecule has 1 unspecified atom stereocenters. The van der Waals surface area contributed by atoms with Crippen LogP contribution in [0.4, 0.5) is 13.2 Å². The normalized spacial score (nSPS) is 22.5. The number of nitrogens with zero attached hydrogens (tertiary/aromatic N) is 3. The SMILES string of the molecule is FC(F)(F)c1ccc2c(c1)nc(Cc1ccccc1)n2C[C@@H]1CCCN2CCCCC12. The molecule has 3 nitrogen and oxygen atoms in total. The standard InChI is InChI=1S/C25H28F3N3/c26-25(27,28)20-11-12-23-21(16-20)29-24(15-18-7-2-1-3-8-18)31(23)17-19-9-6-14-30-13-5-4-10-22(19)30/h1-3,7-8,11-12,16,19,22H,4-6,9-10,13-15,17H2/t19-,22?/m0/s1. The zero-order chi connectivity index (χ0) is 21.4. The van der Waals surface area contributed by atoms with E-state index in [0.29, 0.717) is 23.9 Å². The number of hydrogen-bond acceptors (Lipinski definition) is 2. The van der Waals surface area contributed by atoms with Gasteiger partial charge < -0.3 is 9.47 Å². The van der Waals surface area contributed by atoms with Gasteiger partial charge in [0.05, 0.1) is 16.6 Å². The second-order valence-electron chi connectivity index (χ2n) is 9.00. The molecule has 0 N–H and O–H groups in total. The van der Waals surface area contributed by atoms with Crippen LogP contribution in [0.1, 0.15) is 49.1 Å². The molecule has 2 fully saturated rings. The quantitative estimate of drug-likeness (QED) is 0.516. The molecule has 2 saturated heterocycles. The number of fused-ring (bicyclic) bond motifs is 2. The third-order valence-corrected chi connectivity index (χ3v) is 7.01. The first kappa shape index (κ1) is 20.6. The Labute approximate surface area is 180 Å². The molecule has 164 valence electrons. The molecule has 5 rings (SSSR count). The lowest BCUT2D eigenvalue weighted by Gasteiger charge is -2.44. The van der Waals surface area contributed by atoms with Gasteiger partial charge in [-0.2, -0.15) is 13.2 Å². The predicted octanol–water partition coefficient (Wildman–Crippen LogP) is 5.91. The van der Waals surface area contributed by atoms with Crippen molar-refractivity contribution in [1.29, 1.82) is 0 Å². The molecular weight excluding hydrogens is 399 g/mol. The maximum absolute atomic E-state index is 13.3. The van der Waals surface area contributed by atoms with Gasteiger partial charge >= 0.3 is 6.18 Å². The molecule has 31 heavy (non-hydrogen) atoms. The number of alkyl halides is 3. The Morgan fingerprint density at radius 2 is 1.74 bits per heavy atom. The van der Waals surface area contributed by atoms with Crippen LogP contribution in [0.3, 0.4) is 0 Å². The van der Waals surface area contributed by atoms with Gasteiger partial charge in [0, 0.05) is 19.0 Å². The van der Waals surface area contributed by atoms with Gasteiger partial charge in [-0.25, -0.2) is 4.98 Å². The predicted molar refractivity (Wildman–Crippen MR) is 116 cm³/mol. The average Bonchev–Trinajstić information content (AvgIpc) is 3.10. The molecule has 0 bridgehead atoms. The number of hydrogen-bond donors (Lipinski definition) is 0. The van der Waals surface area contributed by atoms with Crippen LogP contribution in [0.15, 0.2) is 48.5 Å². The molecule has 0 spiro atoms. The Hall–Kier alpha value is -2.34. The zero-order valence-electron chi connectivity index (χ0n) is 17.6. The molecule has 0 aliphatic carbocycles. The van der Waals surface area contributed by atoms with Crippen LogP contribution in [0.25, 0.3) is 11.0 Å². The summed E-state index contributed by atoms with van der Waals surface area (Å²) in [5.74, 6) is 1.37. The number of piperidine rings is 2. The first-order valence-corrected chi connectivity index (χ1v) is 11.3. The molecule has 3 aromatic rings. The summed E-state index contributed by atoms with van der Waals surface area (Å²) >= 11 is 0. The number of imidazole rings is 1. The van der Waals surface area contributed by atoms with E-state index in [0.717, 1.165) is 23.4 Å². The van der Waals surface area contributed by atoms with Crippen LogP contribution in [0.5, 0.6) is 0 Å². The van der Waals surface area contributed by atoms with E-state index in [1.807, 2.05) is 30.3 Å². The molecule has 3 heterocycles. The average molecular weight is 428 g/mol. The van der Waals surface area contributed by atoms with E-state index in [1.54, 1.807) is 6.07 Å². The second kappa shape index (κ2) is 8.30. The van der Waals surface area contributed by atoms with E-state index in [-0.39, 0.29) is 0 Å². The summed E-state index contributed by atoms with van der Waals surface area (Å²) in [5.41, 5.74) is 1.74. The maximum Gasteiger partial charge on any atom is 0.416 e. The van der Waals surface area contributed by atoms with Gasteiger partial charge in [-0.15, -0.1) is 0 Å². The minimum atomic E-state index is -4.36. The fourth-order valence-electron chi connectivity index (χ4n) is 5.50. The molecule has 1 aromatic heterocycles. The molecule has 0 radical (unpaired) electrons. The Kier molecular flexibility index (Phi) is 5.51. The van der Waals surface area contributed by atoms with E-state index < -0.39 is 11.7 Å². The minimum absolute atomic E-state index is 0.442. The smallest absolute Gasteiger partial charge is 0.327 e. The van der Waals surface area contributed by atoms with E-state index in [2.05, 4.69) is 9.47 Å². The highest BCUT2D eigenvalue weighted by molar-refractivity contribution is 5.77. The molecule has 2 aromatic carbocycles. The lowest BCUT2D eigenvalue weighted by molar-refractivity contribution is -0.137. The zero-order valence-corrected chi connectivity index (χ0v) is 17.6. The summed E-state index contributed by atoms with van der Waals surface area (Å²) in [4.78, 5) is 7.34. The van der Waals surface area contributed by atoms with Crippen molar-refractivity contribution in [2.45, 2.75) is 57.3 Å². The summed E-state index contributed by atoms with van der Waals surface area (Å²) < 4.78 is 42.1. The highest BCUT2D eigenvalue weighted by Gasteiger charge is 2.34. The van der Waals surface area contributed by atoms with Crippen molar-refractivity contribution < 1.29 is 13.2 Å². The van der Waals surface area contributed by atoms with E-state index in [1.165, 1.54) is 57.3 Å². The summed E-state index contributed by atoms with van der Waals surface area (Å²) in [6.45, 7) is 3.18. The van der Waals surface area contributed by atoms with E-state index >= 15 is 0 Å². The van der Waals surface area contributed by atoms with Crippen LogP contribution in [-0.2, 0) is 19.1 Å². The van der Waals surface area contributed by atoms with Crippen LogP contribution in [-0.4, -0.2) is 33.6 Å². The van der Waals surface area contributed by atoms with Crippen molar-refractivity contribution in [2.75, 3.05) is 13.1 Å². The summed E-state index contributed by atoms with van der Waals surface area (Å²) in [6, 6.07) is 14.6. The summed E-state index contributed by atoms with van der Waals surface area (Å²) in [5, 5.41) is 0. The van der Waals surface area contributed by atoms with Crippen molar-refractivity contribution in [1.82, 2.24) is 14.5 Å². The third-order valence-electron chi connectivity index (χ3n) is 7.01. The largest absolute Gasteiger partial charge is 0.416 e. The van der Waals surface area contributed by atoms with Gasteiger partial charge in [0.2, 0.25) is 0 Å². The van der Waals surface area contributed by atoms with Gasteiger partial charge in [0.25, 0.3) is 0 Å². The number of halogens is 3. The molecule has 2 aliphatic rings. The second-order valence-corrected chi connectivity index (χ2v) is 9.00. The highest BCUT2D eigenvalue weighted by Crippen LogP contribution is 2.35. The lowest BCUT2D eigenvalue weighted by atomic mass is 9.83. The Morgan fingerprint density at radius 3 is 2.55 bits per heavy atom. The van der Waals surface area contributed by atoms with E-state index in [9.17, 15) is 13.2 Å². The van der Waals surface area contributed by atoms with Gasteiger partial charge in [0.15, 0.2) is 0 Å².